The number of aromatic nitrogens is 1. The number of H-pyrrole nitrogens is 1. The number of halogens is 1. The van der Waals surface area contributed by atoms with Crippen molar-refractivity contribution in [3.8, 4) is 0 Å². The molecule has 90 valence electrons. The number of hydrogen-bond acceptors (Lipinski definition) is 1. The summed E-state index contributed by atoms with van der Waals surface area (Å²) in [6, 6.07) is 8.10. The highest BCUT2D eigenvalue weighted by Gasteiger charge is 2.13. The second-order valence-corrected chi connectivity index (χ2v) is 4.42. The van der Waals surface area contributed by atoms with Crippen molar-refractivity contribution in [3.05, 3.63) is 35.5 Å². The third-order valence-electron chi connectivity index (χ3n) is 2.96. The minimum absolute atomic E-state index is 0.0257. The Bertz CT molecular complexity index is 547. The van der Waals surface area contributed by atoms with Gasteiger partial charge in [0.15, 0.2) is 0 Å². The molecule has 0 atom stereocenters. The first-order valence-corrected chi connectivity index (χ1v) is 6.03. The van der Waals surface area contributed by atoms with E-state index in [0.29, 0.717) is 6.54 Å². The van der Waals surface area contributed by atoms with Crippen LogP contribution in [0.1, 0.15) is 11.3 Å². The number of rotatable bonds is 3. The first kappa shape index (κ1) is 12.0. The number of para-hydroxylation sites is 1. The maximum absolute atomic E-state index is 11.5. The van der Waals surface area contributed by atoms with Crippen LogP contribution in [-0.4, -0.2) is 28.7 Å². The molecule has 0 aliphatic rings. The number of benzene rings is 1. The van der Waals surface area contributed by atoms with Crippen molar-refractivity contribution in [2.75, 3.05) is 12.9 Å². The topological polar surface area (TPSA) is 36.1 Å². The number of hydrogen-bond donors (Lipinski definition) is 1. The molecule has 0 saturated heterocycles. The fourth-order valence-electron chi connectivity index (χ4n) is 1.97. The summed E-state index contributed by atoms with van der Waals surface area (Å²) in [5, 5.41) is 1.17. The van der Waals surface area contributed by atoms with Gasteiger partial charge in [0.1, 0.15) is 5.88 Å². The van der Waals surface area contributed by atoms with Crippen LogP contribution in [-0.2, 0) is 11.3 Å². The van der Waals surface area contributed by atoms with Crippen LogP contribution in [0.2, 0.25) is 0 Å². The summed E-state index contributed by atoms with van der Waals surface area (Å²) in [6.45, 7) is 2.61. The molecular formula is C13H15ClN2O. The molecule has 1 heterocycles. The maximum atomic E-state index is 11.5. The molecule has 17 heavy (non-hydrogen) atoms. The molecule has 0 aliphatic carbocycles. The molecule has 1 amide bonds. The van der Waals surface area contributed by atoms with Gasteiger partial charge in [0.2, 0.25) is 5.91 Å². The first-order chi connectivity index (χ1) is 8.13. The van der Waals surface area contributed by atoms with E-state index in [9.17, 15) is 4.79 Å². The van der Waals surface area contributed by atoms with Gasteiger partial charge in [-0.3, -0.25) is 4.79 Å². The zero-order valence-corrected chi connectivity index (χ0v) is 10.7. The second-order valence-electron chi connectivity index (χ2n) is 4.16. The van der Waals surface area contributed by atoms with Crippen molar-refractivity contribution in [1.82, 2.24) is 9.88 Å². The number of nitrogens with zero attached hydrogens (tertiary/aromatic N) is 1. The predicted octanol–water partition coefficient (Wildman–Crippen LogP) is 2.67. The van der Waals surface area contributed by atoms with Crippen LogP contribution >= 0.6 is 11.6 Å². The SMILES string of the molecule is Cc1[nH]c2ccccc2c1CN(C)C(=O)CCl. The van der Waals surface area contributed by atoms with Gasteiger partial charge in [-0.15, -0.1) is 11.6 Å². The smallest absolute Gasteiger partial charge is 0.237 e. The molecule has 0 unspecified atom stereocenters. The number of aromatic amines is 1. The van der Waals surface area contributed by atoms with Gasteiger partial charge in [0.25, 0.3) is 0 Å². The van der Waals surface area contributed by atoms with Gasteiger partial charge in [-0.1, -0.05) is 18.2 Å². The van der Waals surface area contributed by atoms with E-state index in [1.807, 2.05) is 25.1 Å². The molecule has 0 aliphatic heterocycles. The molecule has 3 nitrogen and oxygen atoms in total. The summed E-state index contributed by atoms with van der Waals surface area (Å²) >= 11 is 5.55. The summed E-state index contributed by atoms with van der Waals surface area (Å²) in [6.07, 6.45) is 0. The Kier molecular flexibility index (Phi) is 3.38. The van der Waals surface area contributed by atoms with Crippen molar-refractivity contribution < 1.29 is 4.79 Å². The zero-order valence-electron chi connectivity index (χ0n) is 9.96. The zero-order chi connectivity index (χ0) is 12.4. The van der Waals surface area contributed by atoms with Crippen molar-refractivity contribution in [1.29, 1.82) is 0 Å². The molecule has 2 rings (SSSR count). The predicted molar refractivity (Wildman–Crippen MR) is 70.2 cm³/mol. The van der Waals surface area contributed by atoms with E-state index in [-0.39, 0.29) is 11.8 Å². The normalized spacial score (nSPS) is 10.8. The summed E-state index contributed by atoms with van der Waals surface area (Å²) in [5.41, 5.74) is 3.36. The van der Waals surface area contributed by atoms with Crippen LogP contribution < -0.4 is 0 Å². The van der Waals surface area contributed by atoms with Crippen LogP contribution in [0.25, 0.3) is 10.9 Å². The van der Waals surface area contributed by atoms with E-state index < -0.39 is 0 Å². The van der Waals surface area contributed by atoms with E-state index in [4.69, 9.17) is 11.6 Å². The number of carbonyl (C=O) groups excluding carboxylic acids is 1. The fraction of sp³-hybridized carbons (Fsp3) is 0.308. The molecule has 0 radical (unpaired) electrons. The Morgan fingerprint density at radius 3 is 2.82 bits per heavy atom. The molecule has 2 aromatic rings. The number of nitrogens with one attached hydrogen (secondary N) is 1. The Morgan fingerprint density at radius 2 is 2.12 bits per heavy atom. The molecule has 0 spiro atoms. The van der Waals surface area contributed by atoms with Crippen molar-refractivity contribution >= 4 is 28.4 Å². The standard InChI is InChI=1S/C13H15ClN2O/c1-9-11(8-16(2)13(17)7-14)10-5-3-4-6-12(10)15-9/h3-6,15H,7-8H2,1-2H3. The van der Waals surface area contributed by atoms with E-state index >= 15 is 0 Å². The molecular weight excluding hydrogens is 236 g/mol. The minimum atomic E-state index is -0.0589. The molecule has 1 aromatic heterocycles. The third-order valence-corrected chi connectivity index (χ3v) is 3.19. The minimum Gasteiger partial charge on any atom is -0.358 e. The summed E-state index contributed by atoms with van der Waals surface area (Å²) in [7, 11) is 1.77. The van der Waals surface area contributed by atoms with Crippen molar-refractivity contribution in [3.63, 3.8) is 0 Å². The Balaban J connectivity index is 2.35. The van der Waals surface area contributed by atoms with E-state index in [1.54, 1.807) is 11.9 Å². The lowest BCUT2D eigenvalue weighted by molar-refractivity contribution is -0.127. The van der Waals surface area contributed by atoms with E-state index in [1.165, 1.54) is 5.39 Å². The van der Waals surface area contributed by atoms with Crippen molar-refractivity contribution in [2.24, 2.45) is 0 Å². The van der Waals surface area contributed by atoms with Gasteiger partial charge in [-0.2, -0.15) is 0 Å². The fourth-order valence-corrected chi connectivity index (χ4v) is 2.17. The van der Waals surface area contributed by atoms with Gasteiger partial charge in [-0.05, 0) is 18.6 Å². The molecule has 0 bridgehead atoms. The first-order valence-electron chi connectivity index (χ1n) is 5.49. The Morgan fingerprint density at radius 1 is 1.41 bits per heavy atom. The highest BCUT2D eigenvalue weighted by atomic mass is 35.5. The average Bonchev–Trinajstić information content (AvgIpc) is 2.65. The lowest BCUT2D eigenvalue weighted by Gasteiger charge is -2.15. The summed E-state index contributed by atoms with van der Waals surface area (Å²) in [5.74, 6) is -0.0332. The maximum Gasteiger partial charge on any atom is 0.237 e. The number of amides is 1. The number of fused-ring (bicyclic) bond motifs is 1. The van der Waals surface area contributed by atoms with Gasteiger partial charge >= 0.3 is 0 Å². The highest BCUT2D eigenvalue weighted by Crippen LogP contribution is 2.22. The van der Waals surface area contributed by atoms with E-state index in [2.05, 4.69) is 11.1 Å². The summed E-state index contributed by atoms with van der Waals surface area (Å²) < 4.78 is 0. The van der Waals surface area contributed by atoms with Gasteiger partial charge in [0.05, 0.1) is 0 Å². The monoisotopic (exact) mass is 250 g/mol. The van der Waals surface area contributed by atoms with Crippen LogP contribution in [0.15, 0.2) is 24.3 Å². The van der Waals surface area contributed by atoms with Crippen LogP contribution in [0.4, 0.5) is 0 Å². The lowest BCUT2D eigenvalue weighted by atomic mass is 10.1. The molecule has 0 saturated carbocycles. The van der Waals surface area contributed by atoms with Gasteiger partial charge < -0.3 is 9.88 Å². The van der Waals surface area contributed by atoms with Crippen LogP contribution in [0.3, 0.4) is 0 Å². The summed E-state index contributed by atoms with van der Waals surface area (Å²) in [4.78, 5) is 16.4. The van der Waals surface area contributed by atoms with Crippen molar-refractivity contribution in [2.45, 2.75) is 13.5 Å². The number of alkyl halides is 1. The number of aryl methyl sites for hydroxylation is 1. The highest BCUT2D eigenvalue weighted by molar-refractivity contribution is 6.27. The molecule has 4 heteroatoms. The second kappa shape index (κ2) is 4.80. The van der Waals surface area contributed by atoms with Crippen LogP contribution in [0, 0.1) is 6.92 Å². The van der Waals surface area contributed by atoms with E-state index in [0.717, 1.165) is 16.8 Å². The number of carbonyl (C=O) groups is 1. The van der Waals surface area contributed by atoms with Gasteiger partial charge in [0, 0.05) is 30.2 Å². The third kappa shape index (κ3) is 2.29. The molecule has 1 N–H and O–H groups in total. The average molecular weight is 251 g/mol. The molecule has 0 fully saturated rings. The Hall–Kier alpha value is -1.48. The largest absolute Gasteiger partial charge is 0.358 e. The molecule has 1 aromatic carbocycles. The van der Waals surface area contributed by atoms with Crippen LogP contribution in [0.5, 0.6) is 0 Å². The quantitative estimate of drug-likeness (QED) is 0.836. The van der Waals surface area contributed by atoms with Gasteiger partial charge in [-0.25, -0.2) is 0 Å². The lowest BCUT2D eigenvalue weighted by Crippen LogP contribution is -2.27. The Labute approximate surface area is 105 Å².